The van der Waals surface area contributed by atoms with Gasteiger partial charge in [-0.05, 0) is 61.0 Å². The van der Waals surface area contributed by atoms with E-state index >= 15 is 0 Å². The monoisotopic (exact) mass is 458 g/mol. The average Bonchev–Trinajstić information content (AvgIpc) is 3.16. The third-order valence-corrected chi connectivity index (χ3v) is 5.90. The minimum Gasteiger partial charge on any atom is -0.497 e. The largest absolute Gasteiger partial charge is 0.497 e. The molecule has 1 aliphatic heterocycles. The third kappa shape index (κ3) is 4.64. The highest BCUT2D eigenvalue weighted by molar-refractivity contribution is 6.23. The van der Waals surface area contributed by atoms with Crippen molar-refractivity contribution in [3.63, 3.8) is 0 Å². The van der Waals surface area contributed by atoms with Gasteiger partial charge in [0.05, 0.1) is 26.3 Å². The van der Waals surface area contributed by atoms with Gasteiger partial charge in [-0.25, -0.2) is 4.90 Å². The van der Waals surface area contributed by atoms with Crippen LogP contribution < -0.4 is 14.4 Å². The summed E-state index contributed by atoms with van der Waals surface area (Å²) in [6, 6.07) is 20.3. The third-order valence-electron chi connectivity index (χ3n) is 5.90. The van der Waals surface area contributed by atoms with Gasteiger partial charge in [0.2, 0.25) is 5.91 Å². The molecule has 1 heterocycles. The van der Waals surface area contributed by atoms with E-state index in [0.29, 0.717) is 22.7 Å². The Labute approximate surface area is 198 Å². The minimum atomic E-state index is -0.912. The average molecular weight is 459 g/mol. The standard InChI is InChI=1S/C27H26N2O5/c1-18-4-6-19(7-5-18)17-28(26(31)20-8-12-22(33-2)13-9-20)24-16-25(30)29(27(24)32)21-10-14-23(34-3)15-11-21/h4-15,24H,16-17H2,1-3H3. The van der Waals surface area contributed by atoms with Gasteiger partial charge in [0.1, 0.15) is 17.5 Å². The first-order valence-corrected chi connectivity index (χ1v) is 10.9. The Morgan fingerprint density at radius 1 is 0.882 bits per heavy atom. The predicted octanol–water partition coefficient (Wildman–Crippen LogP) is 3.99. The lowest BCUT2D eigenvalue weighted by Crippen LogP contribution is -2.45. The number of hydrogen-bond acceptors (Lipinski definition) is 5. The molecule has 0 spiro atoms. The number of carbonyl (C=O) groups is 3. The molecular weight excluding hydrogens is 432 g/mol. The fourth-order valence-electron chi connectivity index (χ4n) is 3.98. The van der Waals surface area contributed by atoms with Crippen molar-refractivity contribution in [2.75, 3.05) is 19.1 Å². The molecule has 1 saturated heterocycles. The molecule has 0 aliphatic carbocycles. The highest BCUT2D eigenvalue weighted by atomic mass is 16.5. The van der Waals surface area contributed by atoms with Crippen LogP contribution in [0.1, 0.15) is 27.9 Å². The van der Waals surface area contributed by atoms with E-state index in [1.807, 2.05) is 31.2 Å². The van der Waals surface area contributed by atoms with Crippen molar-refractivity contribution >= 4 is 23.4 Å². The van der Waals surface area contributed by atoms with Crippen LogP contribution >= 0.6 is 0 Å². The number of aryl methyl sites for hydroxylation is 1. The molecule has 0 saturated carbocycles. The van der Waals surface area contributed by atoms with Crippen molar-refractivity contribution < 1.29 is 23.9 Å². The molecule has 34 heavy (non-hydrogen) atoms. The molecular formula is C27H26N2O5. The van der Waals surface area contributed by atoms with Gasteiger partial charge in [-0.3, -0.25) is 14.4 Å². The maximum absolute atomic E-state index is 13.6. The molecule has 1 fully saturated rings. The van der Waals surface area contributed by atoms with E-state index in [1.54, 1.807) is 62.8 Å². The van der Waals surface area contributed by atoms with Crippen molar-refractivity contribution in [1.82, 2.24) is 4.90 Å². The van der Waals surface area contributed by atoms with Crippen molar-refractivity contribution in [1.29, 1.82) is 0 Å². The number of carbonyl (C=O) groups excluding carboxylic acids is 3. The quantitative estimate of drug-likeness (QED) is 0.501. The minimum absolute atomic E-state index is 0.0847. The van der Waals surface area contributed by atoms with E-state index in [1.165, 1.54) is 4.90 Å². The van der Waals surface area contributed by atoms with Gasteiger partial charge in [0.15, 0.2) is 0 Å². The summed E-state index contributed by atoms with van der Waals surface area (Å²) in [4.78, 5) is 42.6. The Hall–Kier alpha value is -4.13. The van der Waals surface area contributed by atoms with Crippen LogP contribution in [-0.2, 0) is 16.1 Å². The first kappa shape index (κ1) is 23.0. The molecule has 7 heteroatoms. The second kappa shape index (κ2) is 9.79. The van der Waals surface area contributed by atoms with Gasteiger partial charge < -0.3 is 14.4 Å². The molecule has 1 aliphatic rings. The van der Waals surface area contributed by atoms with Crippen molar-refractivity contribution in [2.45, 2.75) is 25.9 Å². The lowest BCUT2D eigenvalue weighted by Gasteiger charge is -2.28. The molecule has 174 valence electrons. The summed E-state index contributed by atoms with van der Waals surface area (Å²) in [6.45, 7) is 2.18. The van der Waals surface area contributed by atoms with Crippen LogP contribution in [0.3, 0.4) is 0 Å². The van der Waals surface area contributed by atoms with Gasteiger partial charge in [-0.15, -0.1) is 0 Å². The summed E-state index contributed by atoms with van der Waals surface area (Å²) in [5.41, 5.74) is 2.83. The van der Waals surface area contributed by atoms with Gasteiger partial charge in [-0.2, -0.15) is 0 Å². The Balaban J connectivity index is 1.66. The Morgan fingerprint density at radius 3 is 2.00 bits per heavy atom. The molecule has 3 aromatic carbocycles. The lowest BCUT2D eigenvalue weighted by atomic mass is 10.1. The van der Waals surface area contributed by atoms with E-state index in [4.69, 9.17) is 9.47 Å². The zero-order chi connectivity index (χ0) is 24.2. The van der Waals surface area contributed by atoms with E-state index in [-0.39, 0.29) is 24.8 Å². The number of ether oxygens (including phenoxy) is 2. The molecule has 0 aromatic heterocycles. The molecule has 7 nitrogen and oxygen atoms in total. The summed E-state index contributed by atoms with van der Waals surface area (Å²) in [6.07, 6.45) is -0.0847. The Morgan fingerprint density at radius 2 is 1.44 bits per heavy atom. The Kier molecular flexibility index (Phi) is 6.63. The van der Waals surface area contributed by atoms with E-state index in [9.17, 15) is 14.4 Å². The van der Waals surface area contributed by atoms with Crippen LogP contribution in [0.25, 0.3) is 0 Å². The van der Waals surface area contributed by atoms with Crippen LogP contribution in [-0.4, -0.2) is 42.9 Å². The maximum Gasteiger partial charge on any atom is 0.257 e. The second-order valence-electron chi connectivity index (χ2n) is 8.13. The zero-order valence-electron chi connectivity index (χ0n) is 19.4. The summed E-state index contributed by atoms with van der Waals surface area (Å²) in [7, 11) is 3.10. The SMILES string of the molecule is COc1ccc(C(=O)N(Cc2ccc(C)cc2)C2CC(=O)N(c3ccc(OC)cc3)C2=O)cc1. The number of benzene rings is 3. The van der Waals surface area contributed by atoms with Gasteiger partial charge in [-0.1, -0.05) is 29.8 Å². The number of nitrogens with zero attached hydrogens (tertiary/aromatic N) is 2. The van der Waals surface area contributed by atoms with Crippen LogP contribution in [0.15, 0.2) is 72.8 Å². The summed E-state index contributed by atoms with van der Waals surface area (Å²) < 4.78 is 10.4. The molecule has 0 radical (unpaired) electrons. The van der Waals surface area contributed by atoms with Crippen molar-refractivity contribution in [3.05, 3.63) is 89.5 Å². The second-order valence-corrected chi connectivity index (χ2v) is 8.13. The van der Waals surface area contributed by atoms with Crippen molar-refractivity contribution in [3.8, 4) is 11.5 Å². The number of hydrogen-bond donors (Lipinski definition) is 0. The van der Waals surface area contributed by atoms with Gasteiger partial charge in [0.25, 0.3) is 11.8 Å². The van der Waals surface area contributed by atoms with Gasteiger partial charge >= 0.3 is 0 Å². The molecule has 1 unspecified atom stereocenters. The van der Waals surface area contributed by atoms with Crippen LogP contribution in [0.5, 0.6) is 11.5 Å². The van der Waals surface area contributed by atoms with Crippen molar-refractivity contribution in [2.24, 2.45) is 0 Å². The summed E-state index contributed by atoms with van der Waals surface area (Å²) >= 11 is 0. The van der Waals surface area contributed by atoms with E-state index in [2.05, 4.69) is 0 Å². The molecule has 3 aromatic rings. The maximum atomic E-state index is 13.6. The fraction of sp³-hybridized carbons (Fsp3) is 0.222. The number of rotatable bonds is 7. The first-order valence-electron chi connectivity index (χ1n) is 10.9. The topological polar surface area (TPSA) is 76.2 Å². The van der Waals surface area contributed by atoms with E-state index < -0.39 is 11.9 Å². The zero-order valence-corrected chi connectivity index (χ0v) is 19.4. The molecule has 0 N–H and O–H groups in total. The number of anilines is 1. The highest BCUT2D eigenvalue weighted by Crippen LogP contribution is 2.29. The predicted molar refractivity (Wildman–Crippen MR) is 128 cm³/mol. The van der Waals surface area contributed by atoms with Crippen LogP contribution in [0.2, 0.25) is 0 Å². The fourth-order valence-corrected chi connectivity index (χ4v) is 3.98. The van der Waals surface area contributed by atoms with Gasteiger partial charge in [0, 0.05) is 12.1 Å². The molecule has 0 bridgehead atoms. The Bertz CT molecular complexity index is 1190. The lowest BCUT2D eigenvalue weighted by molar-refractivity contribution is -0.122. The van der Waals surface area contributed by atoms with Crippen LogP contribution in [0, 0.1) is 6.92 Å². The summed E-state index contributed by atoms with van der Waals surface area (Å²) in [5, 5.41) is 0. The normalized spacial score (nSPS) is 15.4. The highest BCUT2D eigenvalue weighted by Gasteiger charge is 2.44. The molecule has 3 amide bonds. The number of imide groups is 1. The number of amides is 3. The molecule has 4 rings (SSSR count). The smallest absolute Gasteiger partial charge is 0.257 e. The molecule has 1 atom stereocenters. The first-order chi connectivity index (χ1) is 16.4. The van der Waals surface area contributed by atoms with Crippen LogP contribution in [0.4, 0.5) is 5.69 Å². The van der Waals surface area contributed by atoms with E-state index in [0.717, 1.165) is 16.0 Å². The number of methoxy groups -OCH3 is 2. The summed E-state index contributed by atoms with van der Waals surface area (Å²) in [5.74, 6) is 0.140.